The van der Waals surface area contributed by atoms with Crippen molar-refractivity contribution in [3.8, 4) is 0 Å². The summed E-state index contributed by atoms with van der Waals surface area (Å²) in [7, 11) is 0. The third-order valence-electron chi connectivity index (χ3n) is 3.23. The van der Waals surface area contributed by atoms with Gasteiger partial charge in [-0.2, -0.15) is 0 Å². The van der Waals surface area contributed by atoms with Crippen molar-refractivity contribution in [1.29, 1.82) is 0 Å². The Bertz CT molecular complexity index is 175. The fraction of sp³-hybridized carbons (Fsp3) is 1.00. The molecule has 3 heteroatoms. The number of nitrogens with one attached hydrogen (secondary N) is 1. The van der Waals surface area contributed by atoms with E-state index in [2.05, 4.69) is 26.1 Å². The summed E-state index contributed by atoms with van der Waals surface area (Å²) in [6.45, 7) is 7.92. The van der Waals surface area contributed by atoms with Gasteiger partial charge in [-0.05, 0) is 19.8 Å². The largest absolute Gasteiger partial charge is 0.393 e. The second kappa shape index (κ2) is 6.46. The average Bonchev–Trinajstić information content (AvgIpc) is 2.19. The predicted octanol–water partition coefficient (Wildman–Crippen LogP) is 1.55. The number of aliphatic hydroxyl groups excluding tert-OH is 1. The van der Waals surface area contributed by atoms with E-state index in [-0.39, 0.29) is 6.10 Å². The molecule has 0 aromatic heterocycles. The van der Waals surface area contributed by atoms with E-state index in [0.29, 0.717) is 18.0 Å². The van der Waals surface area contributed by atoms with E-state index in [9.17, 15) is 5.11 Å². The topological polar surface area (TPSA) is 41.5 Å². The third kappa shape index (κ3) is 3.74. The smallest absolute Gasteiger partial charge is 0.0624 e. The Morgan fingerprint density at radius 3 is 2.67 bits per heavy atom. The maximum atomic E-state index is 10.1. The van der Waals surface area contributed by atoms with E-state index in [4.69, 9.17) is 4.74 Å². The molecule has 0 aromatic carbocycles. The van der Waals surface area contributed by atoms with Crippen LogP contribution in [0.2, 0.25) is 0 Å². The summed E-state index contributed by atoms with van der Waals surface area (Å²) in [5.74, 6) is 0.327. The van der Waals surface area contributed by atoms with Crippen molar-refractivity contribution in [3.05, 3.63) is 0 Å². The lowest BCUT2D eigenvalue weighted by Gasteiger charge is -2.36. The van der Waals surface area contributed by atoms with Crippen LogP contribution >= 0.6 is 0 Å². The number of rotatable bonds is 5. The van der Waals surface area contributed by atoms with Crippen LogP contribution in [0.15, 0.2) is 0 Å². The zero-order chi connectivity index (χ0) is 11.3. The highest BCUT2D eigenvalue weighted by Crippen LogP contribution is 2.20. The fourth-order valence-corrected chi connectivity index (χ4v) is 2.42. The molecule has 1 rings (SSSR count). The second-order valence-corrected chi connectivity index (χ2v) is 4.64. The Hall–Kier alpha value is -0.120. The molecular formula is C12H25NO2. The lowest BCUT2D eigenvalue weighted by atomic mass is 9.88. The molecule has 1 heterocycles. The van der Waals surface area contributed by atoms with E-state index >= 15 is 0 Å². The van der Waals surface area contributed by atoms with Gasteiger partial charge in [0.15, 0.2) is 0 Å². The molecular weight excluding hydrogens is 190 g/mol. The minimum Gasteiger partial charge on any atom is -0.393 e. The minimum atomic E-state index is -0.189. The van der Waals surface area contributed by atoms with Gasteiger partial charge in [0.25, 0.3) is 0 Å². The van der Waals surface area contributed by atoms with Gasteiger partial charge in [0.05, 0.1) is 19.3 Å². The van der Waals surface area contributed by atoms with Crippen LogP contribution in [0.5, 0.6) is 0 Å². The van der Waals surface area contributed by atoms with Crippen LogP contribution in [0.1, 0.15) is 40.0 Å². The highest BCUT2D eigenvalue weighted by atomic mass is 16.5. The molecule has 0 spiro atoms. The number of hydrogen-bond donors (Lipinski definition) is 2. The van der Waals surface area contributed by atoms with Crippen molar-refractivity contribution in [3.63, 3.8) is 0 Å². The Morgan fingerprint density at radius 1 is 1.40 bits per heavy atom. The molecule has 1 fully saturated rings. The van der Waals surface area contributed by atoms with Crippen molar-refractivity contribution in [2.24, 2.45) is 5.92 Å². The van der Waals surface area contributed by atoms with Gasteiger partial charge >= 0.3 is 0 Å². The number of morpholine rings is 1. The summed E-state index contributed by atoms with van der Waals surface area (Å²) in [5.41, 5.74) is 0. The molecule has 0 radical (unpaired) electrons. The van der Waals surface area contributed by atoms with Crippen LogP contribution in [0.4, 0.5) is 0 Å². The molecule has 0 bridgehead atoms. The van der Waals surface area contributed by atoms with Gasteiger partial charge in [0, 0.05) is 18.0 Å². The zero-order valence-corrected chi connectivity index (χ0v) is 10.2. The van der Waals surface area contributed by atoms with E-state index in [0.717, 1.165) is 32.5 Å². The number of aliphatic hydroxyl groups is 1. The molecule has 4 unspecified atom stereocenters. The SMILES string of the molecule is CCCC(O)C(CC)C1COCC(C)N1. The van der Waals surface area contributed by atoms with Crippen molar-refractivity contribution < 1.29 is 9.84 Å². The Balaban J connectivity index is 2.48. The molecule has 3 nitrogen and oxygen atoms in total. The number of hydrogen-bond acceptors (Lipinski definition) is 3. The average molecular weight is 215 g/mol. The molecule has 0 aromatic rings. The lowest BCUT2D eigenvalue weighted by molar-refractivity contribution is -0.00654. The van der Waals surface area contributed by atoms with Gasteiger partial charge in [0.2, 0.25) is 0 Å². The van der Waals surface area contributed by atoms with E-state index in [1.165, 1.54) is 0 Å². The van der Waals surface area contributed by atoms with Gasteiger partial charge < -0.3 is 15.2 Å². The van der Waals surface area contributed by atoms with Gasteiger partial charge in [-0.1, -0.05) is 20.3 Å². The molecule has 1 saturated heterocycles. The third-order valence-corrected chi connectivity index (χ3v) is 3.23. The Kier molecular flexibility index (Phi) is 5.58. The van der Waals surface area contributed by atoms with Crippen LogP contribution in [-0.2, 0) is 4.74 Å². The summed E-state index contributed by atoms with van der Waals surface area (Å²) in [5, 5.41) is 13.6. The normalized spacial score (nSPS) is 31.2. The first-order valence-electron chi connectivity index (χ1n) is 6.20. The van der Waals surface area contributed by atoms with Gasteiger partial charge in [-0.15, -0.1) is 0 Å². The summed E-state index contributed by atoms with van der Waals surface area (Å²) >= 11 is 0. The van der Waals surface area contributed by atoms with Crippen molar-refractivity contribution >= 4 is 0 Å². The number of ether oxygens (including phenoxy) is 1. The first-order valence-corrected chi connectivity index (χ1v) is 6.20. The summed E-state index contributed by atoms with van der Waals surface area (Å²) in [6.07, 6.45) is 2.76. The highest BCUT2D eigenvalue weighted by Gasteiger charge is 2.29. The minimum absolute atomic E-state index is 0.189. The molecule has 4 atom stereocenters. The molecule has 0 aliphatic carbocycles. The van der Waals surface area contributed by atoms with Gasteiger partial charge in [0.1, 0.15) is 0 Å². The van der Waals surface area contributed by atoms with E-state index < -0.39 is 0 Å². The van der Waals surface area contributed by atoms with Gasteiger partial charge in [-0.3, -0.25) is 0 Å². The molecule has 15 heavy (non-hydrogen) atoms. The summed E-state index contributed by atoms with van der Waals surface area (Å²) in [6, 6.07) is 0.729. The van der Waals surface area contributed by atoms with Crippen molar-refractivity contribution in [1.82, 2.24) is 5.32 Å². The Morgan fingerprint density at radius 2 is 2.13 bits per heavy atom. The zero-order valence-electron chi connectivity index (χ0n) is 10.2. The van der Waals surface area contributed by atoms with Crippen LogP contribution in [0.25, 0.3) is 0 Å². The van der Waals surface area contributed by atoms with Crippen LogP contribution in [0, 0.1) is 5.92 Å². The molecule has 1 aliphatic rings. The summed E-state index contributed by atoms with van der Waals surface area (Å²) in [4.78, 5) is 0. The van der Waals surface area contributed by atoms with Crippen LogP contribution in [0.3, 0.4) is 0 Å². The van der Waals surface area contributed by atoms with Gasteiger partial charge in [-0.25, -0.2) is 0 Å². The van der Waals surface area contributed by atoms with Crippen LogP contribution in [-0.4, -0.2) is 36.5 Å². The molecule has 2 N–H and O–H groups in total. The summed E-state index contributed by atoms with van der Waals surface area (Å²) < 4.78 is 5.53. The van der Waals surface area contributed by atoms with Crippen molar-refractivity contribution in [2.75, 3.05) is 13.2 Å². The second-order valence-electron chi connectivity index (χ2n) is 4.64. The molecule has 1 aliphatic heterocycles. The maximum Gasteiger partial charge on any atom is 0.0624 e. The van der Waals surface area contributed by atoms with Crippen LogP contribution < -0.4 is 5.32 Å². The quantitative estimate of drug-likeness (QED) is 0.731. The lowest BCUT2D eigenvalue weighted by Crippen LogP contribution is -2.53. The van der Waals surface area contributed by atoms with E-state index in [1.807, 2.05) is 0 Å². The predicted molar refractivity (Wildman–Crippen MR) is 61.9 cm³/mol. The molecule has 90 valence electrons. The maximum absolute atomic E-state index is 10.1. The standard InChI is InChI=1S/C12H25NO2/c1-4-6-12(14)10(5-2)11-8-15-7-9(3)13-11/h9-14H,4-8H2,1-3H3. The highest BCUT2D eigenvalue weighted by molar-refractivity contribution is 4.85. The molecule has 0 saturated carbocycles. The molecule has 0 amide bonds. The first kappa shape index (κ1) is 12.9. The van der Waals surface area contributed by atoms with Crippen molar-refractivity contribution in [2.45, 2.75) is 58.2 Å². The fourth-order valence-electron chi connectivity index (χ4n) is 2.42. The Labute approximate surface area is 93.2 Å². The van der Waals surface area contributed by atoms with E-state index in [1.54, 1.807) is 0 Å². The first-order chi connectivity index (χ1) is 7.19. The monoisotopic (exact) mass is 215 g/mol.